The highest BCUT2D eigenvalue weighted by Gasteiger charge is 2.15. The largest absolute Gasteiger partial charge is 0.481 e. The van der Waals surface area contributed by atoms with Gasteiger partial charge in [-0.2, -0.15) is 0 Å². The second-order valence-electron chi connectivity index (χ2n) is 4.69. The first-order chi connectivity index (χ1) is 9.95. The second-order valence-corrected chi connectivity index (χ2v) is 5.10. The van der Waals surface area contributed by atoms with Gasteiger partial charge in [-0.1, -0.05) is 23.7 Å². The Balaban J connectivity index is 2.00. The molecule has 2 rings (SSSR count). The van der Waals surface area contributed by atoms with Gasteiger partial charge in [0.1, 0.15) is 11.6 Å². The van der Waals surface area contributed by atoms with E-state index >= 15 is 0 Å². The normalized spacial score (nSPS) is 11.8. The molecule has 3 nitrogen and oxygen atoms in total. The molecule has 0 bridgehead atoms. The summed E-state index contributed by atoms with van der Waals surface area (Å²) in [6.45, 7) is 3.58. The molecule has 2 aromatic carbocycles. The molecule has 1 atom stereocenters. The SMILES string of the molecule is Cc1cccc(O[C@H](C)C(=O)Nc2ccc(F)c(Cl)c2)c1. The van der Waals surface area contributed by atoms with Crippen LogP contribution >= 0.6 is 11.6 Å². The molecule has 0 radical (unpaired) electrons. The highest BCUT2D eigenvalue weighted by atomic mass is 35.5. The van der Waals surface area contributed by atoms with Gasteiger partial charge in [-0.3, -0.25) is 4.79 Å². The van der Waals surface area contributed by atoms with Crippen LogP contribution in [0.25, 0.3) is 0 Å². The molecule has 0 aliphatic rings. The number of benzene rings is 2. The van der Waals surface area contributed by atoms with Crippen molar-refractivity contribution >= 4 is 23.2 Å². The highest BCUT2D eigenvalue weighted by molar-refractivity contribution is 6.31. The van der Waals surface area contributed by atoms with Gasteiger partial charge in [0.15, 0.2) is 6.10 Å². The van der Waals surface area contributed by atoms with Crippen LogP contribution in [0.2, 0.25) is 5.02 Å². The van der Waals surface area contributed by atoms with Gasteiger partial charge in [0.2, 0.25) is 0 Å². The van der Waals surface area contributed by atoms with Crippen LogP contribution in [0.5, 0.6) is 5.75 Å². The van der Waals surface area contributed by atoms with E-state index in [9.17, 15) is 9.18 Å². The number of amides is 1. The summed E-state index contributed by atoms with van der Waals surface area (Å²) in [5.41, 5.74) is 1.47. The summed E-state index contributed by atoms with van der Waals surface area (Å²) < 4.78 is 18.6. The molecule has 21 heavy (non-hydrogen) atoms. The Morgan fingerprint density at radius 2 is 2.05 bits per heavy atom. The zero-order chi connectivity index (χ0) is 15.4. The first-order valence-corrected chi connectivity index (χ1v) is 6.83. The molecule has 5 heteroatoms. The van der Waals surface area contributed by atoms with E-state index in [1.807, 2.05) is 25.1 Å². The van der Waals surface area contributed by atoms with Crippen molar-refractivity contribution in [2.45, 2.75) is 20.0 Å². The lowest BCUT2D eigenvalue weighted by Crippen LogP contribution is -2.30. The Labute approximate surface area is 127 Å². The van der Waals surface area contributed by atoms with Gasteiger partial charge < -0.3 is 10.1 Å². The number of carbonyl (C=O) groups is 1. The van der Waals surface area contributed by atoms with Crippen molar-refractivity contribution < 1.29 is 13.9 Å². The molecule has 2 aromatic rings. The molecule has 0 heterocycles. The molecule has 0 aliphatic heterocycles. The van der Waals surface area contributed by atoms with Crippen molar-refractivity contribution in [3.63, 3.8) is 0 Å². The monoisotopic (exact) mass is 307 g/mol. The van der Waals surface area contributed by atoms with E-state index in [0.717, 1.165) is 5.56 Å². The Kier molecular flexibility index (Phi) is 4.81. The number of carbonyl (C=O) groups excluding carboxylic acids is 1. The molecule has 1 N–H and O–H groups in total. The lowest BCUT2D eigenvalue weighted by atomic mass is 10.2. The van der Waals surface area contributed by atoms with Gasteiger partial charge in [-0.25, -0.2) is 4.39 Å². The molecular formula is C16H15ClFNO2. The van der Waals surface area contributed by atoms with Crippen molar-refractivity contribution in [3.05, 3.63) is 58.9 Å². The maximum absolute atomic E-state index is 13.1. The van der Waals surface area contributed by atoms with E-state index in [1.165, 1.54) is 18.2 Å². The topological polar surface area (TPSA) is 38.3 Å². The fraction of sp³-hybridized carbons (Fsp3) is 0.188. The maximum Gasteiger partial charge on any atom is 0.265 e. The smallest absolute Gasteiger partial charge is 0.265 e. The molecule has 0 unspecified atom stereocenters. The van der Waals surface area contributed by atoms with Crippen LogP contribution in [0.15, 0.2) is 42.5 Å². The van der Waals surface area contributed by atoms with E-state index in [4.69, 9.17) is 16.3 Å². The number of rotatable bonds is 4. The van der Waals surface area contributed by atoms with E-state index in [1.54, 1.807) is 13.0 Å². The Morgan fingerprint density at radius 3 is 2.71 bits per heavy atom. The summed E-state index contributed by atoms with van der Waals surface area (Å²) in [6, 6.07) is 11.4. The molecule has 0 aliphatic carbocycles. The zero-order valence-electron chi connectivity index (χ0n) is 11.7. The molecule has 0 aromatic heterocycles. The van der Waals surface area contributed by atoms with E-state index in [2.05, 4.69) is 5.32 Å². The third kappa shape index (κ3) is 4.20. The molecule has 1 amide bonds. The van der Waals surface area contributed by atoms with Crippen molar-refractivity contribution in [3.8, 4) is 5.75 Å². The number of ether oxygens (including phenoxy) is 1. The van der Waals surface area contributed by atoms with Gasteiger partial charge in [-0.05, 0) is 49.7 Å². The quantitative estimate of drug-likeness (QED) is 0.919. The highest BCUT2D eigenvalue weighted by Crippen LogP contribution is 2.20. The lowest BCUT2D eigenvalue weighted by molar-refractivity contribution is -0.122. The fourth-order valence-electron chi connectivity index (χ4n) is 1.76. The lowest BCUT2D eigenvalue weighted by Gasteiger charge is -2.15. The van der Waals surface area contributed by atoms with E-state index < -0.39 is 11.9 Å². The minimum Gasteiger partial charge on any atom is -0.481 e. The first kappa shape index (κ1) is 15.3. The molecule has 110 valence electrons. The summed E-state index contributed by atoms with van der Waals surface area (Å²) in [5, 5.41) is 2.59. The van der Waals surface area contributed by atoms with Gasteiger partial charge in [0.25, 0.3) is 5.91 Å². The van der Waals surface area contributed by atoms with Crippen LogP contribution in [0, 0.1) is 12.7 Å². The molecule has 0 spiro atoms. The maximum atomic E-state index is 13.1. The number of aryl methyl sites for hydroxylation is 1. The van der Waals surface area contributed by atoms with Crippen LogP contribution in [-0.2, 0) is 4.79 Å². The predicted molar refractivity (Wildman–Crippen MR) is 81.3 cm³/mol. The minimum atomic E-state index is -0.685. The number of hydrogen-bond donors (Lipinski definition) is 1. The van der Waals surface area contributed by atoms with Crippen molar-refractivity contribution in [1.82, 2.24) is 0 Å². The zero-order valence-corrected chi connectivity index (χ0v) is 12.4. The van der Waals surface area contributed by atoms with Gasteiger partial charge >= 0.3 is 0 Å². The Morgan fingerprint density at radius 1 is 1.29 bits per heavy atom. The molecule has 0 saturated carbocycles. The van der Waals surface area contributed by atoms with Crippen molar-refractivity contribution in [2.24, 2.45) is 0 Å². The average molecular weight is 308 g/mol. The van der Waals surface area contributed by atoms with Crippen molar-refractivity contribution in [2.75, 3.05) is 5.32 Å². The second kappa shape index (κ2) is 6.59. The summed E-state index contributed by atoms with van der Waals surface area (Å²) in [6.07, 6.45) is -0.685. The van der Waals surface area contributed by atoms with Gasteiger partial charge in [-0.15, -0.1) is 0 Å². The first-order valence-electron chi connectivity index (χ1n) is 6.45. The van der Waals surface area contributed by atoms with Gasteiger partial charge in [0.05, 0.1) is 5.02 Å². The molecule has 0 fully saturated rings. The summed E-state index contributed by atoms with van der Waals surface area (Å²) in [5.74, 6) is -0.243. The number of anilines is 1. The fourth-order valence-corrected chi connectivity index (χ4v) is 1.94. The van der Waals surface area contributed by atoms with Crippen LogP contribution in [0.4, 0.5) is 10.1 Å². The Bertz CT molecular complexity index is 660. The number of hydrogen-bond acceptors (Lipinski definition) is 2. The van der Waals surface area contributed by atoms with E-state index in [-0.39, 0.29) is 10.9 Å². The standard InChI is InChI=1S/C16H15ClFNO2/c1-10-4-3-5-13(8-10)21-11(2)16(20)19-12-6-7-15(18)14(17)9-12/h3-9,11H,1-2H3,(H,19,20)/t11-/m1/s1. The number of halogens is 2. The third-order valence-corrected chi connectivity index (χ3v) is 3.15. The molecule has 0 saturated heterocycles. The predicted octanol–water partition coefficient (Wildman–Crippen LogP) is 4.19. The average Bonchev–Trinajstić information content (AvgIpc) is 2.43. The summed E-state index contributed by atoms with van der Waals surface area (Å²) in [4.78, 5) is 12.0. The van der Waals surface area contributed by atoms with Crippen LogP contribution in [-0.4, -0.2) is 12.0 Å². The van der Waals surface area contributed by atoms with E-state index in [0.29, 0.717) is 11.4 Å². The van der Waals surface area contributed by atoms with Crippen LogP contribution in [0.3, 0.4) is 0 Å². The van der Waals surface area contributed by atoms with Crippen LogP contribution < -0.4 is 10.1 Å². The van der Waals surface area contributed by atoms with Crippen LogP contribution in [0.1, 0.15) is 12.5 Å². The third-order valence-electron chi connectivity index (χ3n) is 2.86. The minimum absolute atomic E-state index is 0.0416. The summed E-state index contributed by atoms with van der Waals surface area (Å²) >= 11 is 5.67. The summed E-state index contributed by atoms with van der Waals surface area (Å²) in [7, 11) is 0. The van der Waals surface area contributed by atoms with Gasteiger partial charge in [0, 0.05) is 5.69 Å². The number of nitrogens with one attached hydrogen (secondary N) is 1. The Hall–Kier alpha value is -2.07. The molecular weight excluding hydrogens is 293 g/mol. The van der Waals surface area contributed by atoms with Crippen molar-refractivity contribution in [1.29, 1.82) is 0 Å².